The van der Waals surface area contributed by atoms with E-state index >= 15 is 0 Å². The second-order valence-electron chi connectivity index (χ2n) is 7.10. The van der Waals surface area contributed by atoms with Crippen LogP contribution in [-0.2, 0) is 10.0 Å². The quantitative estimate of drug-likeness (QED) is 0.696. The molecule has 0 saturated heterocycles. The Morgan fingerprint density at radius 2 is 1.66 bits per heavy atom. The fourth-order valence-electron chi connectivity index (χ4n) is 3.33. The zero-order chi connectivity index (χ0) is 20.8. The lowest BCUT2D eigenvalue weighted by Gasteiger charge is -2.16. The second-order valence-corrected chi connectivity index (χ2v) is 8.85. The molecule has 1 N–H and O–H groups in total. The van der Waals surface area contributed by atoms with Gasteiger partial charge in [-0.25, -0.2) is 8.42 Å². The van der Waals surface area contributed by atoms with Crippen molar-refractivity contribution < 1.29 is 17.9 Å². The molecule has 0 aromatic heterocycles. The highest BCUT2D eigenvalue weighted by molar-refractivity contribution is 7.92. The van der Waals surface area contributed by atoms with Crippen LogP contribution in [0.3, 0.4) is 0 Å². The molecule has 0 atom stereocenters. The van der Waals surface area contributed by atoms with Gasteiger partial charge in [0.15, 0.2) is 5.75 Å². The Hall–Kier alpha value is -3.32. The van der Waals surface area contributed by atoms with E-state index in [0.717, 1.165) is 22.9 Å². The molecule has 0 spiro atoms. The molecule has 6 nitrogen and oxygen atoms in total. The number of anilines is 2. The molecule has 3 aromatic rings. The van der Waals surface area contributed by atoms with Gasteiger partial charge in [-0.05, 0) is 60.0 Å². The molecule has 3 aromatic carbocycles. The Labute approximate surface area is 169 Å². The summed E-state index contributed by atoms with van der Waals surface area (Å²) in [6.07, 6.45) is 1.10. The Kier molecular flexibility index (Phi) is 4.55. The van der Waals surface area contributed by atoms with Crippen LogP contribution >= 0.6 is 0 Å². The Balaban J connectivity index is 1.76. The zero-order valence-electron chi connectivity index (χ0n) is 16.3. The van der Waals surface area contributed by atoms with Crippen molar-refractivity contribution in [2.75, 3.05) is 22.9 Å². The third-order valence-electron chi connectivity index (χ3n) is 4.71. The summed E-state index contributed by atoms with van der Waals surface area (Å²) in [5.74, 6) is 0.938. The molecule has 148 valence electrons. The van der Waals surface area contributed by atoms with Gasteiger partial charge in [0.25, 0.3) is 5.91 Å². The highest BCUT2D eigenvalue weighted by Gasteiger charge is 2.26. The first-order chi connectivity index (χ1) is 13.7. The molecule has 0 bridgehead atoms. The van der Waals surface area contributed by atoms with Gasteiger partial charge in [0, 0.05) is 12.7 Å². The van der Waals surface area contributed by atoms with Crippen LogP contribution in [-0.4, -0.2) is 27.6 Å². The first-order valence-corrected chi connectivity index (χ1v) is 10.9. The van der Waals surface area contributed by atoms with Gasteiger partial charge in [-0.3, -0.25) is 9.52 Å². The summed E-state index contributed by atoms with van der Waals surface area (Å²) in [5, 5.41) is 0. The predicted octanol–water partition coefficient (Wildman–Crippen LogP) is 4.42. The van der Waals surface area contributed by atoms with Gasteiger partial charge < -0.3 is 9.64 Å². The molecule has 1 heterocycles. The number of carbonyl (C=O) groups excluding carboxylic acids is 1. The lowest BCUT2D eigenvalue weighted by molar-refractivity contribution is 0.0993. The van der Waals surface area contributed by atoms with Crippen molar-refractivity contribution in [2.24, 2.45) is 0 Å². The van der Waals surface area contributed by atoms with Crippen LogP contribution < -0.4 is 14.4 Å². The number of benzene rings is 3. The topological polar surface area (TPSA) is 75.7 Å². The number of rotatable bonds is 3. The lowest BCUT2D eigenvalue weighted by Crippen LogP contribution is -2.25. The van der Waals surface area contributed by atoms with E-state index in [4.69, 9.17) is 4.74 Å². The number of nitrogens with zero attached hydrogens (tertiary/aromatic N) is 1. The molecule has 0 fully saturated rings. The van der Waals surface area contributed by atoms with Crippen molar-refractivity contribution >= 4 is 27.3 Å². The van der Waals surface area contributed by atoms with Crippen LogP contribution in [0.2, 0.25) is 0 Å². The normalized spacial score (nSPS) is 13.2. The number of hydrogen-bond donors (Lipinski definition) is 1. The average Bonchev–Trinajstić information content (AvgIpc) is 2.76. The number of carbonyl (C=O) groups is 1. The van der Waals surface area contributed by atoms with Gasteiger partial charge in [-0.15, -0.1) is 0 Å². The maximum Gasteiger partial charge on any atom is 0.261 e. The minimum absolute atomic E-state index is 0.170. The van der Waals surface area contributed by atoms with E-state index in [1.807, 2.05) is 37.3 Å². The highest BCUT2D eigenvalue weighted by atomic mass is 32.2. The predicted molar refractivity (Wildman–Crippen MR) is 114 cm³/mol. The average molecular weight is 408 g/mol. The number of hydrogen-bond acceptors (Lipinski definition) is 4. The van der Waals surface area contributed by atoms with Crippen LogP contribution in [0.1, 0.15) is 15.9 Å². The molecular weight excluding hydrogens is 388 g/mol. The number of sulfonamides is 1. The van der Waals surface area contributed by atoms with Gasteiger partial charge in [0.1, 0.15) is 5.75 Å². The van der Waals surface area contributed by atoms with Gasteiger partial charge in [0.2, 0.25) is 10.0 Å². The van der Waals surface area contributed by atoms with E-state index in [-0.39, 0.29) is 5.91 Å². The monoisotopic (exact) mass is 408 g/mol. The molecule has 0 saturated carbocycles. The molecule has 4 rings (SSSR count). The summed E-state index contributed by atoms with van der Waals surface area (Å²) < 4.78 is 31.5. The molecule has 0 radical (unpaired) electrons. The third-order valence-corrected chi connectivity index (χ3v) is 5.32. The maximum atomic E-state index is 13.1. The molecule has 1 amide bonds. The largest absolute Gasteiger partial charge is 0.454 e. The van der Waals surface area contributed by atoms with Crippen LogP contribution in [0.25, 0.3) is 11.1 Å². The first kappa shape index (κ1) is 19.0. The minimum atomic E-state index is -3.38. The standard InChI is InChI=1S/C22H20N2O4S/c1-14-7-9-21-19(11-14)24(2)22(25)18-13-16(8-10-20(18)28-21)15-5-4-6-17(12-15)23-29(3,26)27/h4-13,23H,1-3H3. The summed E-state index contributed by atoms with van der Waals surface area (Å²) in [4.78, 5) is 14.7. The Bertz CT molecular complexity index is 1240. The number of fused-ring (bicyclic) bond motifs is 2. The molecule has 1 aliphatic heterocycles. The van der Waals surface area contributed by atoms with E-state index in [2.05, 4.69) is 4.72 Å². The zero-order valence-corrected chi connectivity index (χ0v) is 17.1. The molecule has 29 heavy (non-hydrogen) atoms. The second kappa shape index (κ2) is 6.93. The number of ether oxygens (including phenoxy) is 1. The van der Waals surface area contributed by atoms with Gasteiger partial charge in [-0.2, -0.15) is 0 Å². The SMILES string of the molecule is Cc1ccc2c(c1)N(C)C(=O)c1cc(-c3cccc(NS(C)(=O)=O)c3)ccc1O2. The van der Waals surface area contributed by atoms with E-state index in [9.17, 15) is 13.2 Å². The number of nitrogens with one attached hydrogen (secondary N) is 1. The Morgan fingerprint density at radius 1 is 0.931 bits per heavy atom. The van der Waals surface area contributed by atoms with Crippen molar-refractivity contribution in [3.8, 4) is 22.6 Å². The van der Waals surface area contributed by atoms with Crippen LogP contribution in [0.4, 0.5) is 11.4 Å². The van der Waals surface area contributed by atoms with Crippen LogP contribution in [0.15, 0.2) is 60.7 Å². The molecule has 0 aliphatic carbocycles. The molecule has 1 aliphatic rings. The lowest BCUT2D eigenvalue weighted by atomic mass is 10.0. The van der Waals surface area contributed by atoms with Crippen molar-refractivity contribution in [3.63, 3.8) is 0 Å². The van der Waals surface area contributed by atoms with Gasteiger partial charge in [0.05, 0.1) is 17.5 Å². The van der Waals surface area contributed by atoms with Crippen molar-refractivity contribution in [1.29, 1.82) is 0 Å². The van der Waals surface area contributed by atoms with Crippen molar-refractivity contribution in [3.05, 3.63) is 71.8 Å². The number of aryl methyl sites for hydroxylation is 1. The molecular formula is C22H20N2O4S. The maximum absolute atomic E-state index is 13.1. The smallest absolute Gasteiger partial charge is 0.261 e. The van der Waals surface area contributed by atoms with Gasteiger partial charge >= 0.3 is 0 Å². The summed E-state index contributed by atoms with van der Waals surface area (Å²) in [6, 6.07) is 18.1. The van der Waals surface area contributed by atoms with Crippen LogP contribution in [0, 0.1) is 6.92 Å². The van der Waals surface area contributed by atoms with Gasteiger partial charge in [-0.1, -0.05) is 24.3 Å². The third kappa shape index (κ3) is 3.82. The van der Waals surface area contributed by atoms with E-state index < -0.39 is 10.0 Å². The first-order valence-electron chi connectivity index (χ1n) is 9.00. The summed E-state index contributed by atoms with van der Waals surface area (Å²) in [7, 11) is -1.65. The van der Waals surface area contributed by atoms with Crippen LogP contribution in [0.5, 0.6) is 11.5 Å². The van der Waals surface area contributed by atoms with E-state index in [0.29, 0.717) is 28.4 Å². The molecule has 7 heteroatoms. The Morgan fingerprint density at radius 3 is 2.41 bits per heavy atom. The van der Waals surface area contributed by atoms with E-state index in [1.165, 1.54) is 0 Å². The number of amides is 1. The fraction of sp³-hybridized carbons (Fsp3) is 0.136. The van der Waals surface area contributed by atoms with Crippen molar-refractivity contribution in [1.82, 2.24) is 0 Å². The fourth-order valence-corrected chi connectivity index (χ4v) is 3.88. The summed E-state index contributed by atoms with van der Waals surface area (Å²) in [6.45, 7) is 1.96. The molecule has 0 unspecified atom stereocenters. The van der Waals surface area contributed by atoms with Crippen molar-refractivity contribution in [2.45, 2.75) is 6.92 Å². The highest BCUT2D eigenvalue weighted by Crippen LogP contribution is 2.40. The summed E-state index contributed by atoms with van der Waals surface area (Å²) in [5.41, 5.74) is 4.23. The summed E-state index contributed by atoms with van der Waals surface area (Å²) >= 11 is 0. The van der Waals surface area contributed by atoms with E-state index in [1.54, 1.807) is 42.3 Å². The minimum Gasteiger partial charge on any atom is -0.454 e.